The molecule has 6 heteroatoms. The molecule has 0 aliphatic heterocycles. The highest BCUT2D eigenvalue weighted by molar-refractivity contribution is 9.10. The fraction of sp³-hybridized carbons (Fsp3) is 0.154. The van der Waals surface area contributed by atoms with Crippen LogP contribution >= 0.6 is 27.5 Å². The summed E-state index contributed by atoms with van der Waals surface area (Å²) in [6.07, 6.45) is 1.37. The van der Waals surface area contributed by atoms with Crippen molar-refractivity contribution in [2.24, 2.45) is 0 Å². The minimum Gasteiger partial charge on any atom is -0.462 e. The van der Waals surface area contributed by atoms with Crippen LogP contribution in [0.5, 0.6) is 0 Å². The lowest BCUT2D eigenvalue weighted by molar-refractivity contribution is 0.0526. The Labute approximate surface area is 123 Å². The number of pyridine rings is 1. The first-order valence-electron chi connectivity index (χ1n) is 5.43. The molecule has 0 fully saturated rings. The molecule has 1 aromatic carbocycles. The van der Waals surface area contributed by atoms with Crippen molar-refractivity contribution in [3.05, 3.63) is 39.0 Å². The summed E-state index contributed by atoms with van der Waals surface area (Å²) in [6, 6.07) is 5.27. The minimum absolute atomic E-state index is 0.193. The molecule has 0 aliphatic carbocycles. The van der Waals surface area contributed by atoms with E-state index in [9.17, 15) is 4.79 Å². The molecule has 0 spiro atoms. The molecule has 4 nitrogen and oxygen atoms in total. The highest BCUT2D eigenvalue weighted by Gasteiger charge is 2.16. The SMILES string of the molecule is CCOC(=O)c1cnc2c(Br)cc(C#N)cc2c1Cl. The van der Waals surface area contributed by atoms with E-state index in [1.54, 1.807) is 19.1 Å². The number of carbonyl (C=O) groups is 1. The quantitative estimate of drug-likeness (QED) is 0.783. The Kier molecular flexibility index (Phi) is 4.03. The molecular formula is C13H8BrClN2O2. The Balaban J connectivity index is 2.70. The Morgan fingerprint density at radius 1 is 1.58 bits per heavy atom. The van der Waals surface area contributed by atoms with Crippen LogP contribution in [0, 0.1) is 11.3 Å². The molecule has 0 saturated heterocycles. The number of fused-ring (bicyclic) bond motifs is 1. The Morgan fingerprint density at radius 3 is 2.95 bits per heavy atom. The van der Waals surface area contributed by atoms with Gasteiger partial charge in [-0.2, -0.15) is 5.26 Å². The van der Waals surface area contributed by atoms with E-state index < -0.39 is 5.97 Å². The standard InChI is InChI=1S/C13H8BrClN2O2/c1-2-19-13(18)9-6-17-12-8(11(9)15)3-7(5-16)4-10(12)14/h3-4,6H,2H2,1H3. The maximum absolute atomic E-state index is 11.7. The molecule has 1 heterocycles. The van der Waals surface area contributed by atoms with E-state index in [1.807, 2.05) is 6.07 Å². The molecule has 0 unspecified atom stereocenters. The maximum atomic E-state index is 11.7. The Bertz CT molecular complexity index is 710. The fourth-order valence-electron chi connectivity index (χ4n) is 1.64. The van der Waals surface area contributed by atoms with Crippen molar-refractivity contribution in [1.82, 2.24) is 4.98 Å². The van der Waals surface area contributed by atoms with Gasteiger partial charge in [0, 0.05) is 16.1 Å². The van der Waals surface area contributed by atoms with Crippen molar-refractivity contribution in [2.45, 2.75) is 6.92 Å². The number of nitriles is 1. The third-order valence-corrected chi connectivity index (χ3v) is 3.50. The van der Waals surface area contributed by atoms with Gasteiger partial charge in [0.1, 0.15) is 0 Å². The first kappa shape index (κ1) is 13.8. The van der Waals surface area contributed by atoms with Gasteiger partial charge in [0.05, 0.1) is 34.3 Å². The van der Waals surface area contributed by atoms with Gasteiger partial charge in [0.15, 0.2) is 0 Å². The molecular weight excluding hydrogens is 332 g/mol. The van der Waals surface area contributed by atoms with Crippen LogP contribution in [0.25, 0.3) is 10.9 Å². The lowest BCUT2D eigenvalue weighted by Crippen LogP contribution is -2.06. The molecule has 0 radical (unpaired) electrons. The summed E-state index contributed by atoms with van der Waals surface area (Å²) in [5.41, 5.74) is 1.22. The average Bonchev–Trinajstić information content (AvgIpc) is 2.39. The first-order chi connectivity index (χ1) is 9.08. The molecule has 19 heavy (non-hydrogen) atoms. The van der Waals surface area contributed by atoms with Crippen LogP contribution in [-0.4, -0.2) is 17.6 Å². The summed E-state index contributed by atoms with van der Waals surface area (Å²) in [6.45, 7) is 1.97. The van der Waals surface area contributed by atoms with Gasteiger partial charge < -0.3 is 4.74 Å². The second-order valence-corrected chi connectivity index (χ2v) is 4.90. The third-order valence-electron chi connectivity index (χ3n) is 2.48. The summed E-state index contributed by atoms with van der Waals surface area (Å²) < 4.78 is 5.56. The van der Waals surface area contributed by atoms with Gasteiger partial charge in [-0.1, -0.05) is 11.6 Å². The van der Waals surface area contributed by atoms with Gasteiger partial charge in [0.2, 0.25) is 0 Å². The van der Waals surface area contributed by atoms with E-state index in [0.717, 1.165) is 0 Å². The van der Waals surface area contributed by atoms with E-state index in [4.69, 9.17) is 21.6 Å². The van der Waals surface area contributed by atoms with Crippen molar-refractivity contribution in [2.75, 3.05) is 6.61 Å². The van der Waals surface area contributed by atoms with Crippen molar-refractivity contribution < 1.29 is 9.53 Å². The normalized spacial score (nSPS) is 10.2. The zero-order valence-electron chi connectivity index (χ0n) is 9.91. The number of esters is 1. The number of hydrogen-bond donors (Lipinski definition) is 0. The van der Waals surface area contributed by atoms with Crippen LogP contribution in [0.15, 0.2) is 22.8 Å². The Hall–Kier alpha value is -1.64. The first-order valence-corrected chi connectivity index (χ1v) is 6.60. The van der Waals surface area contributed by atoms with Gasteiger partial charge in [-0.3, -0.25) is 4.98 Å². The lowest BCUT2D eigenvalue weighted by atomic mass is 10.1. The zero-order chi connectivity index (χ0) is 14.0. The molecule has 0 aliphatic rings. The molecule has 1 aromatic heterocycles. The van der Waals surface area contributed by atoms with Crippen LogP contribution in [0.3, 0.4) is 0 Å². The second-order valence-electron chi connectivity index (χ2n) is 3.67. The van der Waals surface area contributed by atoms with Crippen molar-refractivity contribution in [3.8, 4) is 6.07 Å². The van der Waals surface area contributed by atoms with E-state index in [2.05, 4.69) is 20.9 Å². The van der Waals surface area contributed by atoms with Gasteiger partial charge in [-0.15, -0.1) is 0 Å². The number of aromatic nitrogens is 1. The van der Waals surface area contributed by atoms with Crippen molar-refractivity contribution in [1.29, 1.82) is 5.26 Å². The van der Waals surface area contributed by atoms with Gasteiger partial charge in [0.25, 0.3) is 0 Å². The average molecular weight is 340 g/mol. The minimum atomic E-state index is -0.527. The molecule has 0 atom stereocenters. The van der Waals surface area contributed by atoms with E-state index >= 15 is 0 Å². The number of ether oxygens (including phenoxy) is 1. The second kappa shape index (κ2) is 5.55. The van der Waals surface area contributed by atoms with E-state index in [-0.39, 0.29) is 17.2 Å². The summed E-state index contributed by atoms with van der Waals surface area (Å²) in [5, 5.41) is 9.73. The number of halogens is 2. The maximum Gasteiger partial charge on any atom is 0.341 e. The smallest absolute Gasteiger partial charge is 0.341 e. The van der Waals surface area contributed by atoms with Crippen LogP contribution in [-0.2, 0) is 4.74 Å². The van der Waals surface area contributed by atoms with Gasteiger partial charge in [-0.05, 0) is 35.0 Å². The molecule has 2 rings (SSSR count). The highest BCUT2D eigenvalue weighted by Crippen LogP contribution is 2.31. The van der Waals surface area contributed by atoms with Crippen molar-refractivity contribution in [3.63, 3.8) is 0 Å². The highest BCUT2D eigenvalue weighted by atomic mass is 79.9. The molecule has 2 aromatic rings. The largest absolute Gasteiger partial charge is 0.462 e. The van der Waals surface area contributed by atoms with Crippen LogP contribution < -0.4 is 0 Å². The monoisotopic (exact) mass is 338 g/mol. The zero-order valence-corrected chi connectivity index (χ0v) is 12.2. The number of carbonyl (C=O) groups excluding carboxylic acids is 1. The Morgan fingerprint density at radius 2 is 2.32 bits per heavy atom. The predicted octanol–water partition coefficient (Wildman–Crippen LogP) is 3.70. The van der Waals surface area contributed by atoms with Gasteiger partial charge in [-0.25, -0.2) is 4.79 Å². The van der Waals surface area contributed by atoms with Crippen LogP contribution in [0.2, 0.25) is 5.02 Å². The number of rotatable bonds is 2. The van der Waals surface area contributed by atoms with Crippen molar-refractivity contribution >= 4 is 44.4 Å². The van der Waals surface area contributed by atoms with E-state index in [0.29, 0.717) is 20.9 Å². The molecule has 0 bridgehead atoms. The third kappa shape index (κ3) is 2.55. The van der Waals surface area contributed by atoms with E-state index in [1.165, 1.54) is 6.20 Å². The topological polar surface area (TPSA) is 63.0 Å². The summed E-state index contributed by atoms with van der Waals surface area (Å²) >= 11 is 9.53. The summed E-state index contributed by atoms with van der Waals surface area (Å²) in [5.74, 6) is -0.527. The number of nitrogens with zero attached hydrogens (tertiary/aromatic N) is 2. The molecule has 0 saturated carbocycles. The predicted molar refractivity (Wildman–Crippen MR) is 75.1 cm³/mol. The summed E-state index contributed by atoms with van der Waals surface area (Å²) in [7, 11) is 0. The van der Waals surface area contributed by atoms with Gasteiger partial charge >= 0.3 is 5.97 Å². The fourth-order valence-corrected chi connectivity index (χ4v) is 2.48. The van der Waals surface area contributed by atoms with Crippen LogP contribution in [0.1, 0.15) is 22.8 Å². The number of hydrogen-bond acceptors (Lipinski definition) is 4. The lowest BCUT2D eigenvalue weighted by Gasteiger charge is -2.08. The molecule has 0 N–H and O–H groups in total. The summed E-state index contributed by atoms with van der Waals surface area (Å²) in [4.78, 5) is 15.9. The molecule has 96 valence electrons. The molecule has 0 amide bonds. The number of benzene rings is 1. The van der Waals surface area contributed by atoms with Crippen LogP contribution in [0.4, 0.5) is 0 Å².